The number of thiazole rings is 1. The van der Waals surface area contributed by atoms with Crippen LogP contribution in [0.25, 0.3) is 0 Å². The number of nitrogens with two attached hydrogens (primary N) is 1. The number of aromatic nitrogens is 1. The zero-order chi connectivity index (χ0) is 12.1. The molecule has 1 atom stereocenters. The van der Waals surface area contributed by atoms with E-state index in [-0.39, 0.29) is 12.5 Å². The number of hydrogen-bond donors (Lipinski definition) is 2. The standard InChI is InChI=1S/C10H17N3O2S/c1-6(2)7-5-16-10(12-7)13-9(14)8(4-11)15-3/h5-6,8H,4,11H2,1-3H3,(H,12,13,14). The topological polar surface area (TPSA) is 77.2 Å². The number of anilines is 1. The highest BCUT2D eigenvalue weighted by atomic mass is 32.1. The molecule has 5 nitrogen and oxygen atoms in total. The summed E-state index contributed by atoms with van der Waals surface area (Å²) in [7, 11) is 1.46. The van der Waals surface area contributed by atoms with Crippen molar-refractivity contribution in [3.63, 3.8) is 0 Å². The van der Waals surface area contributed by atoms with Gasteiger partial charge in [0.2, 0.25) is 0 Å². The average molecular weight is 243 g/mol. The van der Waals surface area contributed by atoms with E-state index in [0.29, 0.717) is 11.0 Å². The summed E-state index contributed by atoms with van der Waals surface area (Å²) in [6.07, 6.45) is -0.619. The first-order valence-electron chi connectivity index (χ1n) is 5.07. The highest BCUT2D eigenvalue weighted by molar-refractivity contribution is 7.13. The Hall–Kier alpha value is -0.980. The lowest BCUT2D eigenvalue weighted by atomic mass is 10.2. The fourth-order valence-electron chi connectivity index (χ4n) is 1.10. The van der Waals surface area contributed by atoms with Gasteiger partial charge in [0, 0.05) is 19.0 Å². The van der Waals surface area contributed by atoms with E-state index in [1.807, 2.05) is 5.38 Å². The Morgan fingerprint density at radius 1 is 1.69 bits per heavy atom. The summed E-state index contributed by atoms with van der Waals surface area (Å²) in [5, 5.41) is 5.20. The fourth-order valence-corrected chi connectivity index (χ4v) is 1.98. The molecule has 3 N–H and O–H groups in total. The third-order valence-corrected chi connectivity index (χ3v) is 2.91. The minimum atomic E-state index is -0.619. The Labute approximate surface area is 99.0 Å². The van der Waals surface area contributed by atoms with Crippen molar-refractivity contribution in [2.24, 2.45) is 5.73 Å². The van der Waals surface area contributed by atoms with E-state index in [4.69, 9.17) is 10.5 Å². The molecule has 0 radical (unpaired) electrons. The van der Waals surface area contributed by atoms with Gasteiger partial charge < -0.3 is 10.5 Å². The molecule has 1 rings (SSSR count). The van der Waals surface area contributed by atoms with E-state index in [2.05, 4.69) is 24.1 Å². The van der Waals surface area contributed by atoms with Crippen LogP contribution in [-0.2, 0) is 9.53 Å². The predicted molar refractivity (Wildman–Crippen MR) is 64.7 cm³/mol. The van der Waals surface area contributed by atoms with Gasteiger partial charge in [0.25, 0.3) is 5.91 Å². The molecule has 0 bridgehead atoms. The number of methoxy groups -OCH3 is 1. The summed E-state index contributed by atoms with van der Waals surface area (Å²) >= 11 is 1.41. The molecule has 1 aromatic heterocycles. The summed E-state index contributed by atoms with van der Waals surface area (Å²) < 4.78 is 4.93. The van der Waals surface area contributed by atoms with E-state index < -0.39 is 6.10 Å². The monoisotopic (exact) mass is 243 g/mol. The maximum Gasteiger partial charge on any atom is 0.256 e. The molecule has 0 aliphatic heterocycles. The molecule has 0 aromatic carbocycles. The number of ether oxygens (including phenoxy) is 1. The summed E-state index contributed by atoms with van der Waals surface area (Å²) in [4.78, 5) is 15.9. The van der Waals surface area contributed by atoms with Crippen LogP contribution in [0.4, 0.5) is 5.13 Å². The highest BCUT2D eigenvalue weighted by Crippen LogP contribution is 2.21. The fraction of sp³-hybridized carbons (Fsp3) is 0.600. The van der Waals surface area contributed by atoms with Crippen LogP contribution >= 0.6 is 11.3 Å². The second kappa shape index (κ2) is 5.93. The molecule has 0 aliphatic rings. The normalized spacial score (nSPS) is 12.8. The molecule has 16 heavy (non-hydrogen) atoms. The zero-order valence-corrected chi connectivity index (χ0v) is 10.5. The van der Waals surface area contributed by atoms with E-state index in [1.165, 1.54) is 18.4 Å². The quantitative estimate of drug-likeness (QED) is 0.814. The molecule has 0 spiro atoms. The van der Waals surface area contributed by atoms with E-state index in [9.17, 15) is 4.79 Å². The Balaban J connectivity index is 2.62. The van der Waals surface area contributed by atoms with Crippen molar-refractivity contribution in [2.75, 3.05) is 19.0 Å². The van der Waals surface area contributed by atoms with Gasteiger partial charge in [-0.2, -0.15) is 0 Å². The lowest BCUT2D eigenvalue weighted by Gasteiger charge is -2.11. The first-order valence-corrected chi connectivity index (χ1v) is 5.95. The number of hydrogen-bond acceptors (Lipinski definition) is 5. The summed E-state index contributed by atoms with van der Waals surface area (Å²) in [6, 6.07) is 0. The number of amides is 1. The molecule has 6 heteroatoms. The molecule has 0 fully saturated rings. The Kier molecular flexibility index (Phi) is 4.85. The van der Waals surface area contributed by atoms with Crippen LogP contribution in [0.5, 0.6) is 0 Å². The highest BCUT2D eigenvalue weighted by Gasteiger charge is 2.17. The number of nitrogens with one attached hydrogen (secondary N) is 1. The van der Waals surface area contributed by atoms with Gasteiger partial charge >= 0.3 is 0 Å². The third kappa shape index (κ3) is 3.26. The smallest absolute Gasteiger partial charge is 0.256 e. The van der Waals surface area contributed by atoms with Crippen LogP contribution in [0, 0.1) is 0 Å². The number of nitrogens with zero attached hydrogens (tertiary/aromatic N) is 1. The van der Waals surface area contributed by atoms with Crippen molar-refractivity contribution in [3.8, 4) is 0 Å². The molecule has 1 amide bonds. The van der Waals surface area contributed by atoms with Crippen molar-refractivity contribution < 1.29 is 9.53 Å². The molecule has 1 unspecified atom stereocenters. The van der Waals surface area contributed by atoms with Crippen molar-refractivity contribution >= 4 is 22.4 Å². The van der Waals surface area contributed by atoms with Crippen molar-refractivity contribution in [1.82, 2.24) is 4.98 Å². The average Bonchev–Trinajstić information content (AvgIpc) is 2.68. The molecule has 90 valence electrons. The van der Waals surface area contributed by atoms with E-state index in [0.717, 1.165) is 5.69 Å². The first kappa shape index (κ1) is 13.1. The van der Waals surface area contributed by atoms with Crippen LogP contribution in [0.15, 0.2) is 5.38 Å². The Bertz CT molecular complexity index is 348. The third-order valence-electron chi connectivity index (χ3n) is 2.13. The number of carbonyl (C=O) groups excluding carboxylic acids is 1. The molecular weight excluding hydrogens is 226 g/mol. The van der Waals surface area contributed by atoms with Crippen molar-refractivity contribution in [1.29, 1.82) is 0 Å². The maximum atomic E-state index is 11.6. The van der Waals surface area contributed by atoms with E-state index in [1.54, 1.807) is 0 Å². The number of carbonyl (C=O) groups is 1. The zero-order valence-electron chi connectivity index (χ0n) is 9.69. The SMILES string of the molecule is COC(CN)C(=O)Nc1nc(C(C)C)cs1. The maximum absolute atomic E-state index is 11.6. The molecule has 1 heterocycles. The van der Waals surface area contributed by atoms with Gasteiger partial charge in [0.15, 0.2) is 5.13 Å². The van der Waals surface area contributed by atoms with Crippen molar-refractivity contribution in [3.05, 3.63) is 11.1 Å². The molecular formula is C10H17N3O2S. The van der Waals surface area contributed by atoms with Crippen LogP contribution in [0.1, 0.15) is 25.5 Å². The van der Waals surface area contributed by atoms with Crippen LogP contribution < -0.4 is 11.1 Å². The van der Waals surface area contributed by atoms with Gasteiger partial charge in [-0.25, -0.2) is 4.98 Å². The van der Waals surface area contributed by atoms with Crippen molar-refractivity contribution in [2.45, 2.75) is 25.9 Å². The minimum Gasteiger partial charge on any atom is -0.370 e. The Morgan fingerprint density at radius 2 is 2.38 bits per heavy atom. The largest absolute Gasteiger partial charge is 0.370 e. The van der Waals surface area contributed by atoms with Gasteiger partial charge in [0.1, 0.15) is 6.10 Å². The molecule has 0 saturated carbocycles. The second-order valence-corrected chi connectivity index (χ2v) is 4.54. The molecule has 0 saturated heterocycles. The van der Waals surface area contributed by atoms with Crippen LogP contribution in [0.3, 0.4) is 0 Å². The van der Waals surface area contributed by atoms with Gasteiger partial charge in [-0.05, 0) is 5.92 Å². The van der Waals surface area contributed by atoms with Gasteiger partial charge in [-0.1, -0.05) is 13.8 Å². The first-order chi connectivity index (χ1) is 7.58. The van der Waals surface area contributed by atoms with Gasteiger partial charge in [-0.15, -0.1) is 11.3 Å². The molecule has 1 aromatic rings. The van der Waals surface area contributed by atoms with Crippen LogP contribution in [-0.4, -0.2) is 30.6 Å². The van der Waals surface area contributed by atoms with Gasteiger partial charge in [-0.3, -0.25) is 10.1 Å². The lowest BCUT2D eigenvalue weighted by molar-refractivity contribution is -0.125. The summed E-state index contributed by atoms with van der Waals surface area (Å²) in [5.41, 5.74) is 6.36. The van der Waals surface area contributed by atoms with E-state index >= 15 is 0 Å². The Morgan fingerprint density at radius 3 is 2.81 bits per heavy atom. The van der Waals surface area contributed by atoms with Gasteiger partial charge in [0.05, 0.1) is 5.69 Å². The van der Waals surface area contributed by atoms with Crippen LogP contribution in [0.2, 0.25) is 0 Å². The summed E-state index contributed by atoms with van der Waals surface area (Å²) in [5.74, 6) is 0.101. The molecule has 0 aliphatic carbocycles. The second-order valence-electron chi connectivity index (χ2n) is 3.68. The predicted octanol–water partition coefficient (Wildman–Crippen LogP) is 1.18. The lowest BCUT2D eigenvalue weighted by Crippen LogP contribution is -2.35. The summed E-state index contributed by atoms with van der Waals surface area (Å²) in [6.45, 7) is 4.27. The number of rotatable bonds is 5. The minimum absolute atomic E-state index is 0.157.